The van der Waals surface area contributed by atoms with Gasteiger partial charge in [0.2, 0.25) is 0 Å². The van der Waals surface area contributed by atoms with E-state index in [-0.39, 0.29) is 6.61 Å². The highest BCUT2D eigenvalue weighted by Crippen LogP contribution is 2.44. The average molecular weight is 430 g/mol. The Kier molecular flexibility index (Phi) is 8.26. The van der Waals surface area contributed by atoms with E-state index in [2.05, 4.69) is 4.52 Å². The topological polar surface area (TPSA) is 66.8 Å². The molecule has 0 spiro atoms. The lowest BCUT2D eigenvalue weighted by Crippen LogP contribution is -2.25. The van der Waals surface area contributed by atoms with E-state index < -0.39 is 19.5 Å². The maximum Gasteiger partial charge on any atom is 0.469 e. The second-order valence-electron chi connectivity index (χ2n) is 8.89. The number of rotatable bonds is 8. The Bertz CT molecular complexity index is 692. The highest BCUT2D eigenvalue weighted by Gasteiger charge is 2.31. The molecule has 1 aromatic carbocycles. The summed E-state index contributed by atoms with van der Waals surface area (Å²) in [5, 5.41) is 0. The number of unbranched alkanes of at least 4 members (excludes halogenated alkanes) is 1. The van der Waals surface area contributed by atoms with Crippen molar-refractivity contribution in [1.82, 2.24) is 0 Å². The van der Waals surface area contributed by atoms with Crippen LogP contribution in [0.2, 0.25) is 0 Å². The molecule has 7 heteroatoms. The molecule has 2 saturated carbocycles. The third kappa shape index (κ3) is 7.13. The van der Waals surface area contributed by atoms with Crippen molar-refractivity contribution in [2.75, 3.05) is 6.61 Å². The lowest BCUT2D eigenvalue weighted by atomic mass is 9.68. The largest absolute Gasteiger partial charge is 0.469 e. The number of halogens is 2. The predicted molar refractivity (Wildman–Crippen MR) is 108 cm³/mol. The van der Waals surface area contributed by atoms with Crippen molar-refractivity contribution < 1.29 is 27.7 Å². The molecule has 0 amide bonds. The van der Waals surface area contributed by atoms with Crippen molar-refractivity contribution in [3.8, 4) is 0 Å². The van der Waals surface area contributed by atoms with Crippen LogP contribution in [0, 0.1) is 29.4 Å². The molecule has 164 valence electrons. The van der Waals surface area contributed by atoms with Crippen molar-refractivity contribution in [2.45, 2.75) is 76.5 Å². The normalized spacial score (nSPS) is 28.4. The summed E-state index contributed by atoms with van der Waals surface area (Å²) in [6, 6.07) is 4.35. The number of hydrogen-bond donors (Lipinski definition) is 2. The van der Waals surface area contributed by atoms with E-state index in [1.54, 1.807) is 6.07 Å². The highest BCUT2D eigenvalue weighted by atomic mass is 31.2. The molecule has 3 rings (SSSR count). The van der Waals surface area contributed by atoms with Gasteiger partial charge in [0.1, 0.15) is 0 Å². The Hall–Kier alpha value is -0.810. The number of benzene rings is 1. The van der Waals surface area contributed by atoms with Gasteiger partial charge in [0, 0.05) is 0 Å². The summed E-state index contributed by atoms with van der Waals surface area (Å²) in [6.45, 7) is 0.126. The van der Waals surface area contributed by atoms with Crippen LogP contribution in [0.5, 0.6) is 0 Å². The number of phosphoric acid groups is 1. The zero-order valence-electron chi connectivity index (χ0n) is 16.9. The van der Waals surface area contributed by atoms with Gasteiger partial charge in [0.25, 0.3) is 0 Å². The van der Waals surface area contributed by atoms with Crippen molar-refractivity contribution in [3.63, 3.8) is 0 Å². The van der Waals surface area contributed by atoms with E-state index in [9.17, 15) is 13.3 Å². The molecule has 0 saturated heterocycles. The van der Waals surface area contributed by atoms with Gasteiger partial charge in [0.15, 0.2) is 11.6 Å². The van der Waals surface area contributed by atoms with Gasteiger partial charge in [-0.3, -0.25) is 4.52 Å². The molecular formula is C22H33F2O4P. The van der Waals surface area contributed by atoms with Gasteiger partial charge in [-0.15, -0.1) is 0 Å². The smallest absolute Gasteiger partial charge is 0.303 e. The Labute approximate surface area is 172 Å². The van der Waals surface area contributed by atoms with Crippen molar-refractivity contribution in [3.05, 3.63) is 35.4 Å². The Morgan fingerprint density at radius 3 is 2.10 bits per heavy atom. The lowest BCUT2D eigenvalue weighted by molar-refractivity contribution is 0.153. The second-order valence-corrected chi connectivity index (χ2v) is 10.1. The Morgan fingerprint density at radius 2 is 1.52 bits per heavy atom. The van der Waals surface area contributed by atoms with E-state index in [4.69, 9.17) is 9.79 Å². The van der Waals surface area contributed by atoms with Crippen molar-refractivity contribution in [2.24, 2.45) is 17.8 Å². The van der Waals surface area contributed by atoms with E-state index in [0.29, 0.717) is 12.3 Å². The van der Waals surface area contributed by atoms with Gasteiger partial charge < -0.3 is 9.79 Å². The fraction of sp³-hybridized carbons (Fsp3) is 0.727. The van der Waals surface area contributed by atoms with Gasteiger partial charge >= 0.3 is 7.82 Å². The first-order valence-corrected chi connectivity index (χ1v) is 12.5. The molecule has 0 unspecified atom stereocenters. The quantitative estimate of drug-likeness (QED) is 0.374. The summed E-state index contributed by atoms with van der Waals surface area (Å²) in [5.74, 6) is 1.11. The van der Waals surface area contributed by atoms with Crippen LogP contribution in [-0.2, 0) is 9.09 Å². The monoisotopic (exact) mass is 430 g/mol. The van der Waals surface area contributed by atoms with Crippen molar-refractivity contribution in [1.29, 1.82) is 0 Å². The number of hydrogen-bond acceptors (Lipinski definition) is 2. The zero-order chi connectivity index (χ0) is 20.9. The zero-order valence-corrected chi connectivity index (χ0v) is 17.8. The van der Waals surface area contributed by atoms with Crippen LogP contribution in [-0.4, -0.2) is 16.4 Å². The molecule has 0 atom stereocenters. The molecule has 1 aromatic rings. The average Bonchev–Trinajstić information content (AvgIpc) is 2.70. The Balaban J connectivity index is 1.33. The Morgan fingerprint density at radius 1 is 0.897 bits per heavy atom. The minimum Gasteiger partial charge on any atom is -0.303 e. The van der Waals surface area contributed by atoms with Crippen LogP contribution in [0.4, 0.5) is 8.78 Å². The van der Waals surface area contributed by atoms with Gasteiger partial charge in [-0.2, -0.15) is 0 Å². The first-order valence-electron chi connectivity index (χ1n) is 11.0. The first-order chi connectivity index (χ1) is 13.8. The summed E-state index contributed by atoms with van der Waals surface area (Å²) < 4.78 is 41.8. The summed E-state index contributed by atoms with van der Waals surface area (Å²) >= 11 is 0. The molecule has 0 aliphatic heterocycles. The molecule has 2 fully saturated rings. The van der Waals surface area contributed by atoms with E-state index in [1.807, 2.05) is 0 Å². The summed E-state index contributed by atoms with van der Waals surface area (Å²) in [6.07, 6.45) is 12.3. The minimum atomic E-state index is -4.33. The molecule has 0 aromatic heterocycles. The third-order valence-corrected chi connectivity index (χ3v) is 7.53. The van der Waals surface area contributed by atoms with E-state index in [0.717, 1.165) is 49.0 Å². The third-order valence-electron chi connectivity index (χ3n) is 7.01. The van der Waals surface area contributed by atoms with Crippen molar-refractivity contribution >= 4 is 7.82 Å². The van der Waals surface area contributed by atoms with Crippen LogP contribution in [0.3, 0.4) is 0 Å². The first kappa shape index (κ1) is 22.9. The van der Waals surface area contributed by atoms with Gasteiger partial charge in [-0.25, -0.2) is 13.3 Å². The van der Waals surface area contributed by atoms with E-state index in [1.165, 1.54) is 50.7 Å². The van der Waals surface area contributed by atoms with E-state index >= 15 is 0 Å². The second kappa shape index (κ2) is 10.5. The molecule has 2 aliphatic rings. The van der Waals surface area contributed by atoms with Crippen LogP contribution in [0.25, 0.3) is 0 Å². The molecule has 2 aliphatic carbocycles. The summed E-state index contributed by atoms with van der Waals surface area (Å²) in [5.41, 5.74) is 0.939. The summed E-state index contributed by atoms with van der Waals surface area (Å²) in [4.78, 5) is 17.4. The fourth-order valence-electron chi connectivity index (χ4n) is 5.36. The molecule has 2 N–H and O–H groups in total. The maximum absolute atomic E-state index is 13.5. The molecule has 0 bridgehead atoms. The SMILES string of the molecule is O=P(O)(O)OCCCCC1CCC(C2CCC(c3ccc(F)c(F)c3)CC2)CC1. The van der Waals surface area contributed by atoms with Crippen LogP contribution < -0.4 is 0 Å². The molecule has 29 heavy (non-hydrogen) atoms. The standard InChI is InChI=1S/C22H33F2O4P/c23-21-13-12-20(15-22(21)24)19-10-8-18(9-11-19)17-6-4-16(5-7-17)3-1-2-14-28-29(25,26)27/h12-13,15-19H,1-11,14H2,(H2,25,26,27). The van der Waals surface area contributed by atoms with Crippen LogP contribution in [0.1, 0.15) is 82.1 Å². The van der Waals surface area contributed by atoms with Crippen LogP contribution >= 0.6 is 7.82 Å². The molecular weight excluding hydrogens is 397 g/mol. The molecule has 4 nitrogen and oxygen atoms in total. The lowest BCUT2D eigenvalue weighted by Gasteiger charge is -2.38. The summed E-state index contributed by atoms with van der Waals surface area (Å²) in [7, 11) is -4.33. The fourth-order valence-corrected chi connectivity index (χ4v) is 5.72. The van der Waals surface area contributed by atoms with Crippen LogP contribution in [0.15, 0.2) is 18.2 Å². The predicted octanol–water partition coefficient (Wildman–Crippen LogP) is 6.32. The van der Waals surface area contributed by atoms with Gasteiger partial charge in [0.05, 0.1) is 6.61 Å². The number of phosphoric ester groups is 1. The molecule has 0 heterocycles. The maximum atomic E-state index is 13.5. The minimum absolute atomic E-state index is 0.126. The highest BCUT2D eigenvalue weighted by molar-refractivity contribution is 7.46. The van der Waals surface area contributed by atoms with Gasteiger partial charge in [-0.05, 0) is 86.3 Å². The molecule has 0 radical (unpaired) electrons. The van der Waals surface area contributed by atoms with Gasteiger partial charge in [-0.1, -0.05) is 31.7 Å².